The topological polar surface area (TPSA) is 67.2 Å². The summed E-state index contributed by atoms with van der Waals surface area (Å²) in [6.45, 7) is 5.48. The van der Waals surface area contributed by atoms with E-state index in [1.807, 2.05) is 13.8 Å². The highest BCUT2D eigenvalue weighted by molar-refractivity contribution is 5.92. The summed E-state index contributed by atoms with van der Waals surface area (Å²) in [4.78, 5) is 12.2. The maximum Gasteiger partial charge on any atom is 0.272 e. The summed E-state index contributed by atoms with van der Waals surface area (Å²) in [5, 5.41) is 16.1. The highest BCUT2D eigenvalue weighted by atomic mass is 19.1. The molecule has 2 aromatic rings. The molecule has 0 saturated heterocycles. The van der Waals surface area contributed by atoms with E-state index in [4.69, 9.17) is 5.11 Å². The Morgan fingerprint density at radius 2 is 2.14 bits per heavy atom. The highest BCUT2D eigenvalue weighted by Crippen LogP contribution is 2.14. The van der Waals surface area contributed by atoms with Gasteiger partial charge in [0.1, 0.15) is 5.82 Å². The average Bonchev–Trinajstić information content (AvgIpc) is 2.88. The van der Waals surface area contributed by atoms with Crippen LogP contribution in [0.2, 0.25) is 0 Å². The minimum atomic E-state index is -0.358. The number of aromatic nitrogens is 2. The standard InChI is InChI=1S/C16H20FN3O2/c1-10(9-21)12(3)18-16(22)15-7-11(2)20(19-15)14-6-4-5-13(17)8-14/h4-8,10,12,21H,9H2,1-3H3,(H,18,22). The molecule has 2 rings (SSSR count). The molecule has 1 amide bonds. The van der Waals surface area contributed by atoms with Crippen LogP contribution in [0.15, 0.2) is 30.3 Å². The van der Waals surface area contributed by atoms with Gasteiger partial charge in [0, 0.05) is 18.3 Å². The van der Waals surface area contributed by atoms with Crippen LogP contribution in [0.25, 0.3) is 5.69 Å². The summed E-state index contributed by atoms with van der Waals surface area (Å²) < 4.78 is 14.8. The number of amides is 1. The molecular formula is C16H20FN3O2. The number of nitrogens with zero attached hydrogens (tertiary/aromatic N) is 2. The smallest absolute Gasteiger partial charge is 0.272 e. The van der Waals surface area contributed by atoms with Gasteiger partial charge in [-0.3, -0.25) is 4.79 Å². The molecule has 1 heterocycles. The first-order valence-electron chi connectivity index (χ1n) is 7.16. The zero-order chi connectivity index (χ0) is 16.3. The van der Waals surface area contributed by atoms with Gasteiger partial charge >= 0.3 is 0 Å². The summed E-state index contributed by atoms with van der Waals surface area (Å²) in [5.74, 6) is -0.717. The van der Waals surface area contributed by atoms with Gasteiger partial charge in [-0.1, -0.05) is 13.0 Å². The third kappa shape index (κ3) is 3.51. The van der Waals surface area contributed by atoms with Crippen LogP contribution < -0.4 is 5.32 Å². The summed E-state index contributed by atoms with van der Waals surface area (Å²) in [7, 11) is 0. The van der Waals surface area contributed by atoms with E-state index in [1.54, 1.807) is 25.1 Å². The largest absolute Gasteiger partial charge is 0.396 e. The lowest BCUT2D eigenvalue weighted by Crippen LogP contribution is -2.38. The van der Waals surface area contributed by atoms with Crippen LogP contribution in [0.1, 0.15) is 30.0 Å². The van der Waals surface area contributed by atoms with E-state index in [0.717, 1.165) is 5.69 Å². The van der Waals surface area contributed by atoms with Gasteiger partial charge in [0.25, 0.3) is 5.91 Å². The van der Waals surface area contributed by atoms with Gasteiger partial charge in [0.15, 0.2) is 5.69 Å². The summed E-state index contributed by atoms with van der Waals surface area (Å²) in [5.41, 5.74) is 1.56. The van der Waals surface area contributed by atoms with Crippen molar-refractivity contribution in [3.63, 3.8) is 0 Å². The van der Waals surface area contributed by atoms with Gasteiger partial charge in [0.05, 0.1) is 5.69 Å². The molecule has 118 valence electrons. The van der Waals surface area contributed by atoms with Crippen LogP contribution in [-0.4, -0.2) is 33.4 Å². The van der Waals surface area contributed by atoms with Gasteiger partial charge in [0.2, 0.25) is 0 Å². The van der Waals surface area contributed by atoms with Crippen LogP contribution in [0.4, 0.5) is 4.39 Å². The zero-order valence-corrected chi connectivity index (χ0v) is 12.9. The van der Waals surface area contributed by atoms with E-state index in [2.05, 4.69) is 10.4 Å². The molecule has 0 radical (unpaired) electrons. The fourth-order valence-electron chi connectivity index (χ4n) is 2.04. The van der Waals surface area contributed by atoms with E-state index in [1.165, 1.54) is 16.8 Å². The lowest BCUT2D eigenvalue weighted by Gasteiger charge is -2.18. The molecule has 6 heteroatoms. The van der Waals surface area contributed by atoms with Crippen molar-refractivity contribution < 1.29 is 14.3 Å². The predicted molar refractivity (Wildman–Crippen MR) is 81.4 cm³/mol. The van der Waals surface area contributed by atoms with Crippen molar-refractivity contribution in [2.45, 2.75) is 26.8 Å². The van der Waals surface area contributed by atoms with Crippen LogP contribution in [0.5, 0.6) is 0 Å². The number of aliphatic hydroxyl groups is 1. The fourth-order valence-corrected chi connectivity index (χ4v) is 2.04. The van der Waals surface area contributed by atoms with Gasteiger partial charge in [-0.2, -0.15) is 5.10 Å². The molecule has 0 saturated carbocycles. The molecule has 0 aliphatic carbocycles. The van der Waals surface area contributed by atoms with Gasteiger partial charge < -0.3 is 10.4 Å². The Morgan fingerprint density at radius 3 is 2.77 bits per heavy atom. The predicted octanol–water partition coefficient (Wildman–Crippen LogP) is 2.07. The second-order valence-electron chi connectivity index (χ2n) is 5.48. The molecule has 5 nitrogen and oxygen atoms in total. The Labute approximate surface area is 128 Å². The number of hydrogen-bond acceptors (Lipinski definition) is 3. The van der Waals surface area contributed by atoms with Crippen molar-refractivity contribution in [2.75, 3.05) is 6.61 Å². The van der Waals surface area contributed by atoms with Crippen molar-refractivity contribution in [2.24, 2.45) is 5.92 Å². The van der Waals surface area contributed by atoms with Crippen molar-refractivity contribution in [1.29, 1.82) is 0 Å². The minimum Gasteiger partial charge on any atom is -0.396 e. The SMILES string of the molecule is Cc1cc(C(=O)NC(C)C(C)CO)nn1-c1cccc(F)c1. The quantitative estimate of drug-likeness (QED) is 0.888. The molecule has 2 unspecified atom stereocenters. The van der Waals surface area contributed by atoms with Crippen molar-refractivity contribution >= 4 is 5.91 Å². The molecule has 0 aliphatic heterocycles. The van der Waals surface area contributed by atoms with E-state index >= 15 is 0 Å². The number of nitrogens with one attached hydrogen (secondary N) is 1. The molecule has 0 spiro atoms. The molecule has 0 aliphatic rings. The number of hydrogen-bond donors (Lipinski definition) is 2. The van der Waals surface area contributed by atoms with E-state index in [0.29, 0.717) is 5.69 Å². The van der Waals surface area contributed by atoms with Gasteiger partial charge in [-0.25, -0.2) is 9.07 Å². The fraction of sp³-hybridized carbons (Fsp3) is 0.375. The number of carbonyl (C=O) groups excluding carboxylic acids is 1. The van der Waals surface area contributed by atoms with E-state index in [-0.39, 0.29) is 36.0 Å². The Balaban J connectivity index is 2.21. The third-order valence-electron chi connectivity index (χ3n) is 3.67. The van der Waals surface area contributed by atoms with Crippen molar-refractivity contribution in [3.05, 3.63) is 47.5 Å². The maximum atomic E-state index is 13.3. The highest BCUT2D eigenvalue weighted by Gasteiger charge is 2.18. The number of benzene rings is 1. The maximum absolute atomic E-state index is 13.3. The second-order valence-corrected chi connectivity index (χ2v) is 5.48. The monoisotopic (exact) mass is 305 g/mol. The summed E-state index contributed by atoms with van der Waals surface area (Å²) in [6, 6.07) is 7.51. The van der Waals surface area contributed by atoms with Crippen LogP contribution in [0, 0.1) is 18.7 Å². The number of aliphatic hydroxyl groups excluding tert-OH is 1. The Kier molecular flexibility index (Phi) is 4.92. The Hall–Kier alpha value is -2.21. The van der Waals surface area contributed by atoms with Gasteiger partial charge in [-0.15, -0.1) is 0 Å². The molecule has 1 aromatic heterocycles. The normalized spacial score (nSPS) is 13.7. The Bertz CT molecular complexity index is 669. The lowest BCUT2D eigenvalue weighted by molar-refractivity contribution is 0.0911. The second kappa shape index (κ2) is 6.70. The van der Waals surface area contributed by atoms with E-state index < -0.39 is 0 Å². The average molecular weight is 305 g/mol. The molecule has 2 N–H and O–H groups in total. The first kappa shape index (κ1) is 16.2. The lowest BCUT2D eigenvalue weighted by atomic mass is 10.1. The number of rotatable bonds is 5. The summed E-state index contributed by atoms with van der Waals surface area (Å²) >= 11 is 0. The minimum absolute atomic E-state index is 0.00178. The van der Waals surface area contributed by atoms with Crippen molar-refractivity contribution in [1.82, 2.24) is 15.1 Å². The molecule has 0 fully saturated rings. The third-order valence-corrected chi connectivity index (χ3v) is 3.67. The number of carbonyl (C=O) groups is 1. The summed E-state index contributed by atoms with van der Waals surface area (Å²) in [6.07, 6.45) is 0. The molecule has 2 atom stereocenters. The van der Waals surface area contributed by atoms with Crippen molar-refractivity contribution in [3.8, 4) is 5.69 Å². The molecule has 22 heavy (non-hydrogen) atoms. The van der Waals surface area contributed by atoms with Crippen LogP contribution in [-0.2, 0) is 0 Å². The Morgan fingerprint density at radius 1 is 1.41 bits per heavy atom. The molecular weight excluding hydrogens is 285 g/mol. The molecule has 0 bridgehead atoms. The number of halogens is 1. The van der Waals surface area contributed by atoms with Gasteiger partial charge in [-0.05, 0) is 44.0 Å². The first-order valence-corrected chi connectivity index (χ1v) is 7.16. The first-order chi connectivity index (χ1) is 10.4. The molecule has 1 aromatic carbocycles. The van der Waals surface area contributed by atoms with Crippen LogP contribution in [0.3, 0.4) is 0 Å². The van der Waals surface area contributed by atoms with Crippen LogP contribution >= 0.6 is 0 Å². The zero-order valence-electron chi connectivity index (χ0n) is 12.9. The number of aryl methyl sites for hydroxylation is 1. The van der Waals surface area contributed by atoms with E-state index in [9.17, 15) is 9.18 Å².